The molecule has 0 fully saturated rings. The summed E-state index contributed by atoms with van der Waals surface area (Å²) in [6.45, 7) is 2.00. The first kappa shape index (κ1) is 9.83. The van der Waals surface area contributed by atoms with Crippen molar-refractivity contribution in [2.75, 3.05) is 11.5 Å². The molecule has 0 saturated heterocycles. The van der Waals surface area contributed by atoms with E-state index in [0.29, 0.717) is 5.13 Å². The van der Waals surface area contributed by atoms with E-state index in [1.807, 2.05) is 12.3 Å². The molecule has 0 spiro atoms. The van der Waals surface area contributed by atoms with Crippen LogP contribution in [-0.4, -0.2) is 16.8 Å². The van der Waals surface area contributed by atoms with Crippen LogP contribution in [0.15, 0.2) is 5.38 Å². The predicted molar refractivity (Wildman–Crippen MR) is 56.3 cm³/mol. The second-order valence-corrected chi connectivity index (χ2v) is 4.59. The lowest BCUT2D eigenvalue weighted by Gasteiger charge is -2.01. The Morgan fingerprint density at radius 2 is 2.50 bits per heavy atom. The molecule has 0 bridgehead atoms. The molecule has 1 aromatic rings. The third-order valence-corrected chi connectivity index (χ3v) is 3.18. The van der Waals surface area contributed by atoms with Crippen molar-refractivity contribution in [2.45, 2.75) is 18.7 Å². The highest BCUT2D eigenvalue weighted by molar-refractivity contribution is 7.98. The van der Waals surface area contributed by atoms with E-state index < -0.39 is 0 Å². The topological polar surface area (TPSA) is 64.9 Å². The number of aromatic nitrogens is 1. The van der Waals surface area contributed by atoms with E-state index in [-0.39, 0.29) is 6.04 Å². The Kier molecular flexibility index (Phi) is 3.84. The zero-order valence-electron chi connectivity index (χ0n) is 6.99. The van der Waals surface area contributed by atoms with Gasteiger partial charge in [0.1, 0.15) is 0 Å². The van der Waals surface area contributed by atoms with Gasteiger partial charge in [0.2, 0.25) is 0 Å². The standard InChI is InChI=1S/C7H13N3S2/c1-5(8)2-11-3-6-4-12-7(9)10-6/h4-5H,2-3,8H2,1H3,(H2,9,10). The average Bonchev–Trinajstić information content (AvgIpc) is 2.35. The second kappa shape index (κ2) is 4.69. The molecule has 5 heteroatoms. The van der Waals surface area contributed by atoms with Crippen molar-refractivity contribution < 1.29 is 0 Å². The fourth-order valence-corrected chi connectivity index (χ4v) is 2.25. The van der Waals surface area contributed by atoms with Crippen molar-refractivity contribution in [1.29, 1.82) is 0 Å². The number of nitrogen functional groups attached to an aromatic ring is 1. The van der Waals surface area contributed by atoms with Gasteiger partial charge in [0, 0.05) is 22.9 Å². The van der Waals surface area contributed by atoms with Gasteiger partial charge in [-0.05, 0) is 6.92 Å². The average molecular weight is 203 g/mol. The van der Waals surface area contributed by atoms with Crippen LogP contribution in [0.1, 0.15) is 12.6 Å². The number of nitrogens with zero attached hydrogens (tertiary/aromatic N) is 1. The Bertz CT molecular complexity index is 234. The zero-order valence-corrected chi connectivity index (χ0v) is 8.62. The summed E-state index contributed by atoms with van der Waals surface area (Å²) in [5, 5.41) is 2.63. The van der Waals surface area contributed by atoms with Crippen LogP contribution >= 0.6 is 23.1 Å². The van der Waals surface area contributed by atoms with Gasteiger partial charge < -0.3 is 11.5 Å². The fourth-order valence-electron chi connectivity index (χ4n) is 0.738. The Balaban J connectivity index is 2.24. The second-order valence-electron chi connectivity index (χ2n) is 2.67. The van der Waals surface area contributed by atoms with Crippen molar-refractivity contribution in [3.8, 4) is 0 Å². The first-order chi connectivity index (χ1) is 5.68. The first-order valence-electron chi connectivity index (χ1n) is 3.71. The van der Waals surface area contributed by atoms with Crippen LogP contribution < -0.4 is 11.5 Å². The number of hydrogen-bond donors (Lipinski definition) is 2. The number of nitrogens with two attached hydrogens (primary N) is 2. The minimum atomic E-state index is 0.256. The van der Waals surface area contributed by atoms with E-state index >= 15 is 0 Å². The molecule has 0 aliphatic carbocycles. The van der Waals surface area contributed by atoms with E-state index in [9.17, 15) is 0 Å². The van der Waals surface area contributed by atoms with E-state index in [1.54, 1.807) is 11.8 Å². The Hall–Kier alpha value is -0.260. The lowest BCUT2D eigenvalue weighted by molar-refractivity contribution is 0.847. The summed E-state index contributed by atoms with van der Waals surface area (Å²) < 4.78 is 0. The summed E-state index contributed by atoms with van der Waals surface area (Å²) in [6.07, 6.45) is 0. The summed E-state index contributed by atoms with van der Waals surface area (Å²) in [4.78, 5) is 4.14. The molecule has 3 nitrogen and oxygen atoms in total. The maximum absolute atomic E-state index is 5.60. The van der Waals surface area contributed by atoms with E-state index in [1.165, 1.54) is 11.3 Å². The van der Waals surface area contributed by atoms with Gasteiger partial charge in [0.25, 0.3) is 0 Å². The molecule has 1 unspecified atom stereocenters. The zero-order chi connectivity index (χ0) is 8.97. The highest BCUT2D eigenvalue weighted by Crippen LogP contribution is 2.16. The van der Waals surface area contributed by atoms with Crippen LogP contribution in [0.3, 0.4) is 0 Å². The Morgan fingerprint density at radius 3 is 3.00 bits per heavy atom. The maximum atomic E-state index is 5.60. The van der Waals surface area contributed by atoms with Crippen LogP contribution in [0.4, 0.5) is 5.13 Å². The van der Waals surface area contributed by atoms with Gasteiger partial charge in [-0.1, -0.05) is 0 Å². The normalized spacial score (nSPS) is 13.2. The largest absolute Gasteiger partial charge is 0.375 e. The van der Waals surface area contributed by atoms with Crippen molar-refractivity contribution >= 4 is 28.2 Å². The smallest absolute Gasteiger partial charge is 0.180 e. The molecule has 1 rings (SSSR count). The lowest BCUT2D eigenvalue weighted by Crippen LogP contribution is -2.17. The van der Waals surface area contributed by atoms with Gasteiger partial charge in [-0.2, -0.15) is 11.8 Å². The van der Waals surface area contributed by atoms with E-state index in [2.05, 4.69) is 4.98 Å². The van der Waals surface area contributed by atoms with Crippen LogP contribution in [-0.2, 0) is 5.75 Å². The predicted octanol–water partition coefficient (Wildman–Crippen LogP) is 1.31. The van der Waals surface area contributed by atoms with Crippen LogP contribution in [0.2, 0.25) is 0 Å². The van der Waals surface area contributed by atoms with Gasteiger partial charge in [-0.25, -0.2) is 4.98 Å². The van der Waals surface area contributed by atoms with Crippen molar-refractivity contribution in [3.63, 3.8) is 0 Å². The molecule has 0 amide bonds. The summed E-state index contributed by atoms with van der Waals surface area (Å²) in [5.74, 6) is 1.88. The van der Waals surface area contributed by atoms with Crippen molar-refractivity contribution in [3.05, 3.63) is 11.1 Å². The molecule has 68 valence electrons. The molecule has 0 aliphatic heterocycles. The minimum Gasteiger partial charge on any atom is -0.375 e. The van der Waals surface area contributed by atoms with Gasteiger partial charge in [-0.3, -0.25) is 0 Å². The molecule has 1 heterocycles. The molecule has 0 saturated carbocycles. The highest BCUT2D eigenvalue weighted by Gasteiger charge is 1.99. The minimum absolute atomic E-state index is 0.256. The fraction of sp³-hybridized carbons (Fsp3) is 0.571. The third kappa shape index (κ3) is 3.42. The molecule has 0 aliphatic rings. The SMILES string of the molecule is CC(N)CSCc1csc(N)n1. The quantitative estimate of drug-likeness (QED) is 0.774. The third-order valence-electron chi connectivity index (χ3n) is 1.20. The monoisotopic (exact) mass is 203 g/mol. The van der Waals surface area contributed by atoms with E-state index in [4.69, 9.17) is 11.5 Å². The van der Waals surface area contributed by atoms with Crippen LogP contribution in [0, 0.1) is 0 Å². The number of rotatable bonds is 4. The summed E-state index contributed by atoms with van der Waals surface area (Å²) in [5.41, 5.74) is 12.1. The highest BCUT2D eigenvalue weighted by atomic mass is 32.2. The van der Waals surface area contributed by atoms with Crippen molar-refractivity contribution in [2.24, 2.45) is 5.73 Å². The number of anilines is 1. The van der Waals surface area contributed by atoms with Gasteiger partial charge in [0.05, 0.1) is 5.69 Å². The number of thioether (sulfide) groups is 1. The van der Waals surface area contributed by atoms with E-state index in [0.717, 1.165) is 17.2 Å². The first-order valence-corrected chi connectivity index (χ1v) is 5.75. The maximum Gasteiger partial charge on any atom is 0.180 e. The number of thiazole rings is 1. The lowest BCUT2D eigenvalue weighted by atomic mass is 10.4. The van der Waals surface area contributed by atoms with Crippen LogP contribution in [0.25, 0.3) is 0 Å². The van der Waals surface area contributed by atoms with Gasteiger partial charge >= 0.3 is 0 Å². The Labute approximate surface area is 80.6 Å². The molecule has 0 aromatic carbocycles. The van der Waals surface area contributed by atoms with Gasteiger partial charge in [0.15, 0.2) is 5.13 Å². The van der Waals surface area contributed by atoms with Crippen LogP contribution in [0.5, 0.6) is 0 Å². The number of hydrogen-bond acceptors (Lipinski definition) is 5. The Morgan fingerprint density at radius 1 is 1.75 bits per heavy atom. The molecular formula is C7H13N3S2. The molecule has 1 atom stereocenters. The van der Waals surface area contributed by atoms with Gasteiger partial charge in [-0.15, -0.1) is 11.3 Å². The molecule has 12 heavy (non-hydrogen) atoms. The molecular weight excluding hydrogens is 190 g/mol. The molecule has 1 aromatic heterocycles. The summed E-state index contributed by atoms with van der Waals surface area (Å²) in [7, 11) is 0. The molecule has 4 N–H and O–H groups in total. The summed E-state index contributed by atoms with van der Waals surface area (Å²) >= 11 is 3.28. The molecule has 0 radical (unpaired) electrons. The van der Waals surface area contributed by atoms with Crippen molar-refractivity contribution in [1.82, 2.24) is 4.98 Å². The summed E-state index contributed by atoms with van der Waals surface area (Å²) in [6, 6.07) is 0.256.